The summed E-state index contributed by atoms with van der Waals surface area (Å²) in [5, 5.41) is 29.4. The molecule has 1 unspecified atom stereocenters. The third kappa shape index (κ3) is 5.06. The minimum atomic E-state index is -1.23. The van der Waals surface area contributed by atoms with Crippen LogP contribution >= 0.6 is 0 Å². The van der Waals surface area contributed by atoms with Gasteiger partial charge in [-0.15, -0.1) is 0 Å². The maximum atomic E-state index is 12.0. The van der Waals surface area contributed by atoms with Gasteiger partial charge in [0, 0.05) is 6.42 Å². The number of carboxylic acid groups (broad SMARTS) is 1. The highest BCUT2D eigenvalue weighted by Gasteiger charge is 2.39. The van der Waals surface area contributed by atoms with Gasteiger partial charge in [-0.25, -0.2) is 0 Å². The fourth-order valence-electron chi connectivity index (χ4n) is 3.83. The molecule has 6 heteroatoms. The van der Waals surface area contributed by atoms with E-state index >= 15 is 0 Å². The molecule has 1 aliphatic rings. The Morgan fingerprint density at radius 2 is 2.04 bits per heavy atom. The van der Waals surface area contributed by atoms with Crippen LogP contribution in [0, 0.1) is 17.2 Å². The zero-order valence-corrected chi connectivity index (χ0v) is 15.0. The van der Waals surface area contributed by atoms with Gasteiger partial charge in [-0.1, -0.05) is 18.9 Å². The molecule has 2 N–H and O–H groups in total. The lowest BCUT2D eigenvalue weighted by Crippen LogP contribution is -2.40. The van der Waals surface area contributed by atoms with Crippen LogP contribution in [0.3, 0.4) is 0 Å². The Balaban J connectivity index is 2.15. The third-order valence-electron chi connectivity index (χ3n) is 5.23. The lowest BCUT2D eigenvalue weighted by atomic mass is 9.77. The van der Waals surface area contributed by atoms with Gasteiger partial charge in [0.15, 0.2) is 0 Å². The number of carbonyl (C=O) groups is 2. The molecule has 1 aromatic rings. The average Bonchev–Trinajstić information content (AvgIpc) is 3.14. The number of aliphatic hydroxyl groups is 1. The van der Waals surface area contributed by atoms with Gasteiger partial charge in [0.25, 0.3) is 0 Å². The van der Waals surface area contributed by atoms with Crippen LogP contribution in [-0.4, -0.2) is 34.7 Å². The number of hydrogen-bond acceptors (Lipinski definition) is 5. The minimum Gasteiger partial charge on any atom is -0.497 e. The molecule has 1 aromatic carbocycles. The molecule has 0 saturated heterocycles. The largest absolute Gasteiger partial charge is 0.497 e. The van der Waals surface area contributed by atoms with Gasteiger partial charge < -0.3 is 14.9 Å². The highest BCUT2D eigenvalue weighted by atomic mass is 16.5. The van der Waals surface area contributed by atoms with Gasteiger partial charge in [-0.05, 0) is 49.3 Å². The Morgan fingerprint density at radius 3 is 2.62 bits per heavy atom. The summed E-state index contributed by atoms with van der Waals surface area (Å²) in [6, 6.07) is 7.35. The van der Waals surface area contributed by atoms with Crippen molar-refractivity contribution in [3.8, 4) is 11.8 Å². The van der Waals surface area contributed by atoms with E-state index in [1.54, 1.807) is 18.2 Å². The second kappa shape index (κ2) is 8.81. The highest BCUT2D eigenvalue weighted by molar-refractivity contribution is 5.95. The molecule has 6 nitrogen and oxygen atoms in total. The normalized spacial score (nSPS) is 16.7. The van der Waals surface area contributed by atoms with Crippen molar-refractivity contribution in [1.29, 1.82) is 5.26 Å². The second-order valence-electron chi connectivity index (χ2n) is 7.01. The van der Waals surface area contributed by atoms with Crippen molar-refractivity contribution in [2.24, 2.45) is 5.92 Å². The van der Waals surface area contributed by atoms with Crippen molar-refractivity contribution in [3.63, 3.8) is 0 Å². The van der Waals surface area contributed by atoms with Crippen LogP contribution in [-0.2, 0) is 16.0 Å². The lowest BCUT2D eigenvalue weighted by molar-refractivity contribution is -0.142. The van der Waals surface area contributed by atoms with Crippen LogP contribution in [0.25, 0.3) is 0 Å². The van der Waals surface area contributed by atoms with E-state index in [2.05, 4.69) is 6.07 Å². The number of nitriles is 1. The van der Waals surface area contributed by atoms with Gasteiger partial charge in [-0.2, -0.15) is 5.26 Å². The van der Waals surface area contributed by atoms with Gasteiger partial charge in [0.05, 0.1) is 24.3 Å². The number of ether oxygens (including phenoxy) is 1. The number of benzene rings is 1. The van der Waals surface area contributed by atoms with Gasteiger partial charge in [0.2, 0.25) is 0 Å². The molecule has 0 radical (unpaired) electrons. The monoisotopic (exact) mass is 359 g/mol. The summed E-state index contributed by atoms with van der Waals surface area (Å²) < 4.78 is 5.13. The number of methoxy groups -OCH3 is 1. The quantitative estimate of drug-likeness (QED) is 0.657. The number of hydrogen-bond donors (Lipinski definition) is 2. The van der Waals surface area contributed by atoms with Gasteiger partial charge >= 0.3 is 5.97 Å². The minimum absolute atomic E-state index is 0.0102. The molecule has 26 heavy (non-hydrogen) atoms. The van der Waals surface area contributed by atoms with Crippen molar-refractivity contribution in [3.05, 3.63) is 29.3 Å². The molecule has 1 fully saturated rings. The number of rotatable bonds is 9. The number of ketones is 1. The van der Waals surface area contributed by atoms with E-state index in [0.717, 1.165) is 31.2 Å². The van der Waals surface area contributed by atoms with Crippen LogP contribution in [0.2, 0.25) is 0 Å². The molecule has 1 saturated carbocycles. The van der Waals surface area contributed by atoms with Crippen LogP contribution in [0.15, 0.2) is 18.2 Å². The molecule has 0 aliphatic heterocycles. The molecule has 0 aromatic heterocycles. The molecule has 0 amide bonds. The summed E-state index contributed by atoms with van der Waals surface area (Å²) in [6.45, 7) is 0. The zero-order chi connectivity index (χ0) is 19.2. The molecule has 0 spiro atoms. The Morgan fingerprint density at radius 1 is 1.35 bits per heavy atom. The van der Waals surface area contributed by atoms with Crippen molar-refractivity contribution < 1.29 is 24.5 Å². The average molecular weight is 359 g/mol. The molecule has 1 atom stereocenters. The van der Waals surface area contributed by atoms with E-state index in [4.69, 9.17) is 9.84 Å². The van der Waals surface area contributed by atoms with E-state index in [1.165, 1.54) is 7.11 Å². The number of aryl methyl sites for hydroxylation is 1. The zero-order valence-electron chi connectivity index (χ0n) is 15.0. The summed E-state index contributed by atoms with van der Waals surface area (Å²) in [4.78, 5) is 22.8. The molecule has 0 bridgehead atoms. The maximum absolute atomic E-state index is 12.0. The fourth-order valence-corrected chi connectivity index (χ4v) is 3.83. The first-order valence-electron chi connectivity index (χ1n) is 8.91. The SMILES string of the molecule is COc1ccc(CCC(O)(CC(=O)CC(=O)O)C2CCCC2)c(C#N)c1. The lowest BCUT2D eigenvalue weighted by Gasteiger charge is -2.34. The summed E-state index contributed by atoms with van der Waals surface area (Å²) in [6.07, 6.45) is 3.74. The number of aliphatic carboxylic acids is 1. The van der Waals surface area contributed by atoms with E-state index < -0.39 is 23.8 Å². The van der Waals surface area contributed by atoms with Crippen LogP contribution in [0.4, 0.5) is 0 Å². The predicted octanol–water partition coefficient (Wildman–Crippen LogP) is 2.85. The maximum Gasteiger partial charge on any atom is 0.310 e. The van der Waals surface area contributed by atoms with Crippen LogP contribution in [0.5, 0.6) is 5.75 Å². The summed E-state index contributed by atoms with van der Waals surface area (Å²) in [5.74, 6) is -1.05. The van der Waals surface area contributed by atoms with Crippen LogP contribution in [0.1, 0.15) is 56.1 Å². The summed E-state index contributed by atoms with van der Waals surface area (Å²) in [7, 11) is 1.53. The Kier molecular flexibility index (Phi) is 6.76. The third-order valence-corrected chi connectivity index (χ3v) is 5.23. The van der Waals surface area contributed by atoms with Crippen molar-refractivity contribution in [2.75, 3.05) is 7.11 Å². The van der Waals surface area contributed by atoms with E-state index in [0.29, 0.717) is 24.2 Å². The predicted molar refractivity (Wildman–Crippen MR) is 94.8 cm³/mol. The van der Waals surface area contributed by atoms with E-state index in [1.807, 2.05) is 0 Å². The molecule has 0 heterocycles. The van der Waals surface area contributed by atoms with Gasteiger partial charge in [-0.3, -0.25) is 9.59 Å². The van der Waals surface area contributed by atoms with E-state index in [-0.39, 0.29) is 12.3 Å². The molecular formula is C20H25NO5. The Hall–Kier alpha value is -2.39. The number of carbonyl (C=O) groups excluding carboxylic acids is 1. The molecular weight excluding hydrogens is 334 g/mol. The van der Waals surface area contributed by atoms with Crippen LogP contribution < -0.4 is 4.74 Å². The number of carboxylic acids is 1. The molecule has 2 rings (SSSR count). The molecule has 1 aliphatic carbocycles. The summed E-state index contributed by atoms with van der Waals surface area (Å²) >= 11 is 0. The summed E-state index contributed by atoms with van der Waals surface area (Å²) in [5.41, 5.74) is 0.0424. The first-order valence-corrected chi connectivity index (χ1v) is 8.91. The number of nitrogens with zero attached hydrogens (tertiary/aromatic N) is 1. The second-order valence-corrected chi connectivity index (χ2v) is 7.01. The first-order chi connectivity index (χ1) is 12.4. The van der Waals surface area contributed by atoms with Crippen molar-refractivity contribution in [1.82, 2.24) is 0 Å². The Labute approximate surface area is 153 Å². The van der Waals surface area contributed by atoms with Gasteiger partial charge in [0.1, 0.15) is 18.0 Å². The highest BCUT2D eigenvalue weighted by Crippen LogP contribution is 2.39. The first kappa shape index (κ1) is 19.9. The Bertz CT molecular complexity index is 703. The fraction of sp³-hybridized carbons (Fsp3) is 0.550. The van der Waals surface area contributed by atoms with Crippen molar-refractivity contribution >= 4 is 11.8 Å². The number of Topliss-reactive ketones (excluding diaryl/α,β-unsaturated/α-hetero) is 1. The smallest absolute Gasteiger partial charge is 0.310 e. The standard InChI is InChI=1S/C20H25NO5/c1-26-18-7-6-14(15(10-18)13-21)8-9-20(25,16-4-2-3-5-16)12-17(22)11-19(23)24/h6-7,10,16,25H,2-5,8-9,11-12H2,1H3,(H,23,24). The van der Waals surface area contributed by atoms with Crippen molar-refractivity contribution in [2.45, 2.75) is 57.0 Å². The topological polar surface area (TPSA) is 108 Å². The molecule has 140 valence electrons. The van der Waals surface area contributed by atoms with E-state index in [9.17, 15) is 20.0 Å².